The van der Waals surface area contributed by atoms with Crippen molar-refractivity contribution in [3.05, 3.63) is 34.7 Å². The first kappa shape index (κ1) is 15.4. The van der Waals surface area contributed by atoms with Gasteiger partial charge in [-0.3, -0.25) is 4.79 Å². The molecule has 0 atom stereocenters. The van der Waals surface area contributed by atoms with Gasteiger partial charge in [0.1, 0.15) is 18.9 Å². The minimum atomic E-state index is -0.458. The summed E-state index contributed by atoms with van der Waals surface area (Å²) in [6.45, 7) is 5.31. The predicted molar refractivity (Wildman–Crippen MR) is 75.3 cm³/mol. The average Bonchev–Trinajstić information content (AvgIpc) is 3.03. The standard InChI is InChI=1S/C14H15N5O3/c1-4-22-14(21)12-8(2)13(17-9(12)3)10(20)6-19-7-16-11(5-15)18-19/h7,17H,4,6H2,1-3H3. The molecule has 8 nitrogen and oxygen atoms in total. The van der Waals surface area contributed by atoms with Gasteiger partial charge < -0.3 is 9.72 Å². The number of ether oxygens (including phenoxy) is 1. The zero-order valence-corrected chi connectivity index (χ0v) is 12.5. The minimum Gasteiger partial charge on any atom is -0.462 e. The number of ketones is 1. The van der Waals surface area contributed by atoms with Gasteiger partial charge in [-0.2, -0.15) is 5.26 Å². The molecular formula is C14H15N5O3. The van der Waals surface area contributed by atoms with E-state index in [9.17, 15) is 9.59 Å². The first-order valence-electron chi connectivity index (χ1n) is 6.67. The van der Waals surface area contributed by atoms with E-state index in [0.717, 1.165) is 0 Å². The lowest BCUT2D eigenvalue weighted by molar-refractivity contribution is 0.0525. The average molecular weight is 301 g/mol. The molecule has 0 amide bonds. The summed E-state index contributed by atoms with van der Waals surface area (Å²) in [5.74, 6) is -0.717. The van der Waals surface area contributed by atoms with E-state index < -0.39 is 5.97 Å². The molecule has 2 aromatic heterocycles. The fourth-order valence-electron chi connectivity index (χ4n) is 2.19. The van der Waals surface area contributed by atoms with Crippen LogP contribution in [0.1, 0.15) is 44.9 Å². The number of H-pyrrole nitrogens is 1. The Kier molecular flexibility index (Phi) is 4.36. The number of aromatic nitrogens is 4. The van der Waals surface area contributed by atoms with E-state index in [1.165, 1.54) is 11.0 Å². The molecule has 2 heterocycles. The first-order chi connectivity index (χ1) is 10.5. The maximum Gasteiger partial charge on any atom is 0.340 e. The van der Waals surface area contributed by atoms with Gasteiger partial charge in [0, 0.05) is 5.69 Å². The summed E-state index contributed by atoms with van der Waals surface area (Å²) in [6, 6.07) is 1.79. The van der Waals surface area contributed by atoms with Crippen molar-refractivity contribution in [2.45, 2.75) is 27.3 Å². The fraction of sp³-hybridized carbons (Fsp3) is 0.357. The van der Waals surface area contributed by atoms with Gasteiger partial charge in [-0.25, -0.2) is 14.5 Å². The molecule has 0 radical (unpaired) electrons. The molecule has 8 heteroatoms. The van der Waals surface area contributed by atoms with Gasteiger partial charge in [0.25, 0.3) is 5.82 Å². The van der Waals surface area contributed by atoms with Crippen molar-refractivity contribution in [1.82, 2.24) is 19.7 Å². The van der Waals surface area contributed by atoms with E-state index in [1.54, 1.807) is 26.8 Å². The van der Waals surface area contributed by atoms with Gasteiger partial charge in [0.2, 0.25) is 5.78 Å². The van der Waals surface area contributed by atoms with Gasteiger partial charge in [0.05, 0.1) is 17.9 Å². The Hall–Kier alpha value is -2.95. The second-order valence-electron chi connectivity index (χ2n) is 4.65. The quantitative estimate of drug-likeness (QED) is 0.654. The summed E-state index contributed by atoms with van der Waals surface area (Å²) >= 11 is 0. The van der Waals surface area contributed by atoms with Crippen LogP contribution in [0.25, 0.3) is 0 Å². The number of Topliss-reactive ketones (excluding diaryl/α,β-unsaturated/α-hetero) is 1. The summed E-state index contributed by atoms with van der Waals surface area (Å²) < 4.78 is 6.26. The summed E-state index contributed by atoms with van der Waals surface area (Å²) in [6.07, 6.45) is 1.31. The third-order valence-electron chi connectivity index (χ3n) is 3.14. The maximum atomic E-state index is 12.3. The van der Waals surface area contributed by atoms with Crippen molar-refractivity contribution in [1.29, 1.82) is 5.26 Å². The first-order valence-corrected chi connectivity index (χ1v) is 6.67. The molecular weight excluding hydrogens is 286 g/mol. The molecule has 0 aliphatic carbocycles. The van der Waals surface area contributed by atoms with Gasteiger partial charge >= 0.3 is 5.97 Å². The highest BCUT2D eigenvalue weighted by atomic mass is 16.5. The number of nitrogens with one attached hydrogen (secondary N) is 1. The van der Waals surface area contributed by atoms with Crippen LogP contribution in [0.5, 0.6) is 0 Å². The monoisotopic (exact) mass is 301 g/mol. The molecule has 0 aliphatic rings. The summed E-state index contributed by atoms with van der Waals surface area (Å²) in [5.41, 5.74) is 1.83. The summed E-state index contributed by atoms with van der Waals surface area (Å²) in [7, 11) is 0. The van der Waals surface area contributed by atoms with E-state index >= 15 is 0 Å². The van der Waals surface area contributed by atoms with Crippen LogP contribution >= 0.6 is 0 Å². The highest BCUT2D eigenvalue weighted by Crippen LogP contribution is 2.19. The smallest absolute Gasteiger partial charge is 0.340 e. The van der Waals surface area contributed by atoms with Crippen LogP contribution in [0.2, 0.25) is 0 Å². The highest BCUT2D eigenvalue weighted by Gasteiger charge is 2.23. The zero-order chi connectivity index (χ0) is 16.3. The predicted octanol–water partition coefficient (Wildman–Crippen LogP) is 1.15. The minimum absolute atomic E-state index is 0.000555. The molecule has 0 unspecified atom stereocenters. The molecule has 114 valence electrons. The Balaban J connectivity index is 2.25. The third kappa shape index (κ3) is 2.88. The lowest BCUT2D eigenvalue weighted by Gasteiger charge is -2.03. The number of hydrogen-bond acceptors (Lipinski definition) is 6. The molecule has 0 bridgehead atoms. The van der Waals surface area contributed by atoms with Crippen molar-refractivity contribution in [2.24, 2.45) is 0 Å². The number of carbonyl (C=O) groups excluding carboxylic acids is 2. The van der Waals surface area contributed by atoms with Crippen LogP contribution in [-0.4, -0.2) is 38.1 Å². The maximum absolute atomic E-state index is 12.3. The number of nitriles is 1. The van der Waals surface area contributed by atoms with Crippen molar-refractivity contribution >= 4 is 11.8 Å². The second-order valence-corrected chi connectivity index (χ2v) is 4.65. The number of aryl methyl sites for hydroxylation is 1. The second kappa shape index (κ2) is 6.22. The third-order valence-corrected chi connectivity index (χ3v) is 3.14. The molecule has 2 rings (SSSR count). The molecule has 22 heavy (non-hydrogen) atoms. The van der Waals surface area contributed by atoms with Gasteiger partial charge in [-0.05, 0) is 26.3 Å². The lowest BCUT2D eigenvalue weighted by Crippen LogP contribution is -2.13. The van der Waals surface area contributed by atoms with Crippen LogP contribution in [0.15, 0.2) is 6.33 Å². The molecule has 0 saturated carbocycles. The Bertz CT molecular complexity index is 766. The van der Waals surface area contributed by atoms with E-state index in [2.05, 4.69) is 15.1 Å². The number of nitrogens with zero attached hydrogens (tertiary/aromatic N) is 4. The molecule has 0 fully saturated rings. The van der Waals surface area contributed by atoms with Gasteiger partial charge in [-0.15, -0.1) is 5.10 Å². The van der Waals surface area contributed by atoms with E-state index in [1.807, 2.05) is 0 Å². The highest BCUT2D eigenvalue weighted by molar-refractivity contribution is 6.01. The normalized spacial score (nSPS) is 10.3. The molecule has 0 aromatic carbocycles. The van der Waals surface area contributed by atoms with Crippen molar-refractivity contribution in [3.63, 3.8) is 0 Å². The molecule has 0 aliphatic heterocycles. The summed E-state index contributed by atoms with van der Waals surface area (Å²) in [4.78, 5) is 30.9. The Labute approximate surface area is 126 Å². The van der Waals surface area contributed by atoms with Crippen LogP contribution < -0.4 is 0 Å². The van der Waals surface area contributed by atoms with Gasteiger partial charge in [0.15, 0.2) is 0 Å². The number of hydrogen-bond donors (Lipinski definition) is 1. The van der Waals surface area contributed by atoms with Crippen molar-refractivity contribution in [2.75, 3.05) is 6.61 Å². The van der Waals surface area contributed by atoms with Gasteiger partial charge in [-0.1, -0.05) is 0 Å². The topological polar surface area (TPSA) is 114 Å². The van der Waals surface area contributed by atoms with Crippen molar-refractivity contribution < 1.29 is 14.3 Å². The van der Waals surface area contributed by atoms with E-state index in [-0.39, 0.29) is 24.8 Å². The molecule has 0 saturated heterocycles. The number of aromatic amines is 1. The molecule has 2 aromatic rings. The van der Waals surface area contributed by atoms with Crippen LogP contribution in [-0.2, 0) is 11.3 Å². The van der Waals surface area contributed by atoms with Crippen LogP contribution in [0.4, 0.5) is 0 Å². The Morgan fingerprint density at radius 3 is 2.77 bits per heavy atom. The number of rotatable bonds is 5. The number of esters is 1. The van der Waals surface area contributed by atoms with Crippen molar-refractivity contribution in [3.8, 4) is 6.07 Å². The van der Waals surface area contributed by atoms with Crippen LogP contribution in [0.3, 0.4) is 0 Å². The zero-order valence-electron chi connectivity index (χ0n) is 12.5. The Morgan fingerprint density at radius 2 is 2.18 bits per heavy atom. The van der Waals surface area contributed by atoms with E-state index in [4.69, 9.17) is 10.00 Å². The molecule has 0 spiro atoms. The molecule has 1 N–H and O–H groups in total. The Morgan fingerprint density at radius 1 is 1.45 bits per heavy atom. The van der Waals surface area contributed by atoms with Crippen LogP contribution in [0, 0.1) is 25.2 Å². The van der Waals surface area contributed by atoms with E-state index in [0.29, 0.717) is 22.5 Å². The number of carbonyl (C=O) groups is 2. The fourth-order valence-corrected chi connectivity index (χ4v) is 2.19. The SMILES string of the molecule is CCOC(=O)c1c(C)[nH]c(C(=O)Cn2cnc(C#N)n2)c1C. The largest absolute Gasteiger partial charge is 0.462 e. The lowest BCUT2D eigenvalue weighted by atomic mass is 10.1. The summed E-state index contributed by atoms with van der Waals surface area (Å²) in [5, 5.41) is 12.5.